The van der Waals surface area contributed by atoms with Crippen LogP contribution in [0, 0.1) is 13.8 Å². The molecule has 0 heterocycles. The van der Waals surface area contributed by atoms with E-state index >= 15 is 0 Å². The molecule has 4 nitrogen and oxygen atoms in total. The molecule has 2 aromatic carbocycles. The van der Waals surface area contributed by atoms with Crippen LogP contribution in [0.25, 0.3) is 0 Å². The third kappa shape index (κ3) is 4.38. The Morgan fingerprint density at radius 1 is 1.00 bits per heavy atom. The second kappa shape index (κ2) is 8.02. The highest BCUT2D eigenvalue weighted by Gasteiger charge is 2.11. The van der Waals surface area contributed by atoms with Crippen molar-refractivity contribution in [2.24, 2.45) is 0 Å². The number of rotatable bonds is 5. The molecule has 0 aliphatic rings. The van der Waals surface area contributed by atoms with Gasteiger partial charge in [0.05, 0.1) is 20.3 Å². The quantitative estimate of drug-likeness (QED) is 0.789. The molecule has 0 aliphatic heterocycles. The summed E-state index contributed by atoms with van der Waals surface area (Å²) >= 11 is 5.44. The molecule has 0 radical (unpaired) electrons. The highest BCUT2D eigenvalue weighted by atomic mass is 32.1. The Balaban J connectivity index is 2.06. The number of aryl methyl sites for hydroxylation is 2. The number of nitrogens with one attached hydrogen (secondary N) is 2. The van der Waals surface area contributed by atoms with Crippen molar-refractivity contribution in [3.8, 4) is 11.5 Å². The largest absolute Gasteiger partial charge is 0.493 e. The van der Waals surface area contributed by atoms with Gasteiger partial charge < -0.3 is 20.1 Å². The van der Waals surface area contributed by atoms with Crippen LogP contribution in [0.15, 0.2) is 36.4 Å². The summed E-state index contributed by atoms with van der Waals surface area (Å²) in [6.45, 7) is 6.19. The van der Waals surface area contributed by atoms with Gasteiger partial charge in [0.2, 0.25) is 0 Å². The van der Waals surface area contributed by atoms with Crippen molar-refractivity contribution in [3.63, 3.8) is 0 Å². The summed E-state index contributed by atoms with van der Waals surface area (Å²) in [5, 5.41) is 7.14. The predicted molar refractivity (Wildman–Crippen MR) is 103 cm³/mol. The van der Waals surface area contributed by atoms with Gasteiger partial charge in [-0.25, -0.2) is 0 Å². The Bertz CT molecular complexity index is 731. The Labute approximate surface area is 149 Å². The maximum atomic E-state index is 5.44. The molecular weight excluding hydrogens is 320 g/mol. The Morgan fingerprint density at radius 2 is 1.71 bits per heavy atom. The smallest absolute Gasteiger partial charge is 0.171 e. The van der Waals surface area contributed by atoms with Gasteiger partial charge in [0.1, 0.15) is 0 Å². The topological polar surface area (TPSA) is 42.5 Å². The zero-order valence-corrected chi connectivity index (χ0v) is 15.6. The Morgan fingerprint density at radius 3 is 2.33 bits per heavy atom. The van der Waals surface area contributed by atoms with Gasteiger partial charge in [0, 0.05) is 5.69 Å². The summed E-state index contributed by atoms with van der Waals surface area (Å²) < 4.78 is 10.6. The first kappa shape index (κ1) is 18.1. The summed E-state index contributed by atoms with van der Waals surface area (Å²) in [6.07, 6.45) is 0. The molecule has 0 saturated carbocycles. The van der Waals surface area contributed by atoms with Crippen LogP contribution in [0.4, 0.5) is 5.69 Å². The van der Waals surface area contributed by atoms with Crippen molar-refractivity contribution in [1.82, 2.24) is 5.32 Å². The van der Waals surface area contributed by atoms with E-state index in [1.165, 1.54) is 5.56 Å². The summed E-state index contributed by atoms with van der Waals surface area (Å²) in [6, 6.07) is 12.1. The van der Waals surface area contributed by atoms with E-state index in [9.17, 15) is 0 Å². The normalized spacial score (nSPS) is 11.5. The number of ether oxygens (including phenoxy) is 2. The molecule has 0 fully saturated rings. The first-order valence-electron chi connectivity index (χ1n) is 7.81. The fraction of sp³-hybridized carbons (Fsp3) is 0.316. The lowest BCUT2D eigenvalue weighted by molar-refractivity contribution is 0.354. The van der Waals surface area contributed by atoms with Crippen LogP contribution in [-0.4, -0.2) is 19.3 Å². The highest BCUT2D eigenvalue weighted by molar-refractivity contribution is 7.80. The van der Waals surface area contributed by atoms with E-state index in [1.54, 1.807) is 14.2 Å². The summed E-state index contributed by atoms with van der Waals surface area (Å²) in [4.78, 5) is 0. The molecule has 1 unspecified atom stereocenters. The minimum absolute atomic E-state index is 0.0376. The molecule has 2 N–H and O–H groups in total. The van der Waals surface area contributed by atoms with E-state index in [4.69, 9.17) is 21.7 Å². The van der Waals surface area contributed by atoms with Gasteiger partial charge in [-0.05, 0) is 62.3 Å². The predicted octanol–water partition coefficient (Wildman–Crippen LogP) is 4.37. The van der Waals surface area contributed by atoms with Gasteiger partial charge in [-0.3, -0.25) is 0 Å². The molecule has 2 rings (SSSR count). The van der Waals surface area contributed by atoms with Gasteiger partial charge in [0.15, 0.2) is 16.6 Å². The first-order valence-corrected chi connectivity index (χ1v) is 8.22. The van der Waals surface area contributed by atoms with E-state index in [0.717, 1.165) is 16.8 Å². The van der Waals surface area contributed by atoms with Crippen LogP contribution < -0.4 is 20.1 Å². The van der Waals surface area contributed by atoms with Crippen molar-refractivity contribution >= 4 is 23.0 Å². The van der Waals surface area contributed by atoms with Crippen molar-refractivity contribution in [1.29, 1.82) is 0 Å². The van der Waals surface area contributed by atoms with Crippen molar-refractivity contribution in [3.05, 3.63) is 53.1 Å². The van der Waals surface area contributed by atoms with Crippen LogP contribution in [0.1, 0.15) is 29.7 Å². The molecule has 0 spiro atoms. The van der Waals surface area contributed by atoms with Gasteiger partial charge in [-0.2, -0.15) is 0 Å². The van der Waals surface area contributed by atoms with E-state index in [1.807, 2.05) is 24.3 Å². The third-order valence-electron chi connectivity index (χ3n) is 3.89. The number of anilines is 1. The van der Waals surface area contributed by atoms with Crippen molar-refractivity contribution in [2.75, 3.05) is 19.5 Å². The number of methoxy groups -OCH3 is 2. The fourth-order valence-electron chi connectivity index (χ4n) is 2.51. The fourth-order valence-corrected chi connectivity index (χ4v) is 2.80. The van der Waals surface area contributed by atoms with Gasteiger partial charge in [-0.15, -0.1) is 0 Å². The molecule has 0 aromatic heterocycles. The Kier molecular flexibility index (Phi) is 6.04. The average molecular weight is 344 g/mol. The molecule has 0 amide bonds. The van der Waals surface area contributed by atoms with Gasteiger partial charge in [-0.1, -0.05) is 23.8 Å². The van der Waals surface area contributed by atoms with Crippen LogP contribution in [-0.2, 0) is 0 Å². The van der Waals surface area contributed by atoms with Crippen LogP contribution in [0.3, 0.4) is 0 Å². The zero-order valence-electron chi connectivity index (χ0n) is 14.8. The maximum Gasteiger partial charge on any atom is 0.171 e. The van der Waals surface area contributed by atoms with Crippen LogP contribution >= 0.6 is 12.2 Å². The molecular formula is C19H24N2O2S. The van der Waals surface area contributed by atoms with Crippen molar-refractivity contribution in [2.45, 2.75) is 26.8 Å². The monoisotopic (exact) mass is 344 g/mol. The lowest BCUT2D eigenvalue weighted by Gasteiger charge is -2.19. The van der Waals surface area contributed by atoms with Crippen molar-refractivity contribution < 1.29 is 9.47 Å². The molecule has 5 heteroatoms. The SMILES string of the molecule is COc1ccc(C(C)NC(=S)Nc2ccc(C)cc2C)cc1OC. The average Bonchev–Trinajstić information content (AvgIpc) is 2.56. The standard InChI is InChI=1S/C19H24N2O2S/c1-12-6-8-16(13(2)10-12)21-19(24)20-14(3)15-7-9-17(22-4)18(11-15)23-5/h6-11,14H,1-5H3,(H2,20,21,24). The molecule has 1 atom stereocenters. The Hall–Kier alpha value is -2.27. The maximum absolute atomic E-state index is 5.44. The second-order valence-corrected chi connectivity index (χ2v) is 6.16. The molecule has 0 aliphatic carbocycles. The lowest BCUT2D eigenvalue weighted by atomic mass is 10.1. The molecule has 2 aromatic rings. The number of hydrogen-bond donors (Lipinski definition) is 2. The molecule has 24 heavy (non-hydrogen) atoms. The summed E-state index contributed by atoms with van der Waals surface area (Å²) in [5.41, 5.74) is 4.48. The minimum Gasteiger partial charge on any atom is -0.493 e. The van der Waals surface area contributed by atoms with E-state index in [-0.39, 0.29) is 6.04 Å². The number of hydrogen-bond acceptors (Lipinski definition) is 3. The second-order valence-electron chi connectivity index (χ2n) is 5.75. The van der Waals surface area contributed by atoms with Crippen LogP contribution in [0.2, 0.25) is 0 Å². The summed E-state index contributed by atoms with van der Waals surface area (Å²) in [5.74, 6) is 1.42. The highest BCUT2D eigenvalue weighted by Crippen LogP contribution is 2.29. The summed E-state index contributed by atoms with van der Waals surface area (Å²) in [7, 11) is 3.26. The van der Waals surface area contributed by atoms with E-state index in [2.05, 4.69) is 43.5 Å². The number of benzene rings is 2. The van der Waals surface area contributed by atoms with E-state index in [0.29, 0.717) is 16.6 Å². The zero-order chi connectivity index (χ0) is 17.7. The van der Waals surface area contributed by atoms with E-state index < -0.39 is 0 Å². The minimum atomic E-state index is 0.0376. The molecule has 0 saturated heterocycles. The lowest BCUT2D eigenvalue weighted by Crippen LogP contribution is -2.31. The van der Waals surface area contributed by atoms with Gasteiger partial charge >= 0.3 is 0 Å². The molecule has 0 bridgehead atoms. The van der Waals surface area contributed by atoms with Crippen LogP contribution in [0.5, 0.6) is 11.5 Å². The van der Waals surface area contributed by atoms with Gasteiger partial charge in [0.25, 0.3) is 0 Å². The third-order valence-corrected chi connectivity index (χ3v) is 4.11. The number of thiocarbonyl (C=S) groups is 1. The first-order chi connectivity index (χ1) is 11.4. The molecule has 128 valence electrons.